The third-order valence-corrected chi connectivity index (χ3v) is 5.74. The lowest BCUT2D eigenvalue weighted by Crippen LogP contribution is -2.33. The van der Waals surface area contributed by atoms with Gasteiger partial charge in [-0.05, 0) is 44.2 Å². The fourth-order valence-electron chi connectivity index (χ4n) is 4.20. The summed E-state index contributed by atoms with van der Waals surface area (Å²) in [7, 11) is 1.59. The molecule has 2 aliphatic heterocycles. The van der Waals surface area contributed by atoms with Crippen LogP contribution >= 0.6 is 0 Å². The lowest BCUT2D eigenvalue weighted by atomic mass is 10.1. The maximum absolute atomic E-state index is 13.2. The standard InChI is InChI=1S/C22H28N4O3/c1-29-17-10-8-9-16(15-17)23-21(27)20-24-19(18-11-4-7-14-26(18)20)22(28)25-12-5-2-3-6-13-25/h8-10,15H,2-7,11-14H2,1H3,(H,23,27). The Morgan fingerprint density at radius 2 is 1.79 bits per heavy atom. The monoisotopic (exact) mass is 396 g/mol. The molecule has 1 N–H and O–H groups in total. The number of methoxy groups -OCH3 is 1. The number of amides is 2. The molecule has 7 heteroatoms. The smallest absolute Gasteiger partial charge is 0.291 e. The molecule has 1 aromatic heterocycles. The third kappa shape index (κ3) is 4.13. The van der Waals surface area contributed by atoms with Crippen LogP contribution in [0.2, 0.25) is 0 Å². The molecule has 0 atom stereocenters. The summed E-state index contributed by atoms with van der Waals surface area (Å²) in [5.74, 6) is 0.667. The summed E-state index contributed by atoms with van der Waals surface area (Å²) in [6.07, 6.45) is 7.19. The van der Waals surface area contributed by atoms with Crippen molar-refractivity contribution in [2.45, 2.75) is 51.5 Å². The molecule has 0 saturated carbocycles. The first kappa shape index (κ1) is 19.5. The van der Waals surface area contributed by atoms with E-state index in [1.165, 1.54) is 12.8 Å². The number of likely N-dealkylation sites (tertiary alicyclic amines) is 1. The van der Waals surface area contributed by atoms with Crippen molar-refractivity contribution >= 4 is 17.5 Å². The van der Waals surface area contributed by atoms with E-state index in [1.54, 1.807) is 13.2 Å². The fourth-order valence-corrected chi connectivity index (χ4v) is 4.20. The zero-order valence-corrected chi connectivity index (χ0v) is 16.9. The number of benzene rings is 1. The predicted octanol–water partition coefficient (Wildman–Crippen LogP) is 3.50. The van der Waals surface area contributed by atoms with E-state index in [9.17, 15) is 9.59 Å². The Hall–Kier alpha value is -2.83. The molecule has 0 radical (unpaired) electrons. The number of anilines is 1. The van der Waals surface area contributed by atoms with Gasteiger partial charge in [-0.15, -0.1) is 0 Å². The molecule has 154 valence electrons. The lowest BCUT2D eigenvalue weighted by Gasteiger charge is -2.21. The second-order valence-electron chi connectivity index (χ2n) is 7.73. The Morgan fingerprint density at radius 1 is 1.03 bits per heavy atom. The van der Waals surface area contributed by atoms with E-state index in [1.807, 2.05) is 27.7 Å². The molecule has 0 bridgehead atoms. The van der Waals surface area contributed by atoms with Crippen molar-refractivity contribution in [1.29, 1.82) is 0 Å². The van der Waals surface area contributed by atoms with Gasteiger partial charge in [0.25, 0.3) is 11.8 Å². The molecule has 0 aliphatic carbocycles. The molecule has 4 rings (SSSR count). The first-order valence-electron chi connectivity index (χ1n) is 10.5. The maximum atomic E-state index is 13.2. The van der Waals surface area contributed by atoms with Crippen molar-refractivity contribution in [3.05, 3.63) is 41.5 Å². The van der Waals surface area contributed by atoms with Crippen molar-refractivity contribution in [2.75, 3.05) is 25.5 Å². The van der Waals surface area contributed by atoms with Crippen LogP contribution < -0.4 is 10.1 Å². The van der Waals surface area contributed by atoms with Crippen molar-refractivity contribution < 1.29 is 14.3 Å². The van der Waals surface area contributed by atoms with E-state index >= 15 is 0 Å². The van der Waals surface area contributed by atoms with Crippen LogP contribution in [0.4, 0.5) is 5.69 Å². The van der Waals surface area contributed by atoms with Crippen molar-refractivity contribution in [2.24, 2.45) is 0 Å². The van der Waals surface area contributed by atoms with Crippen molar-refractivity contribution in [3.8, 4) is 5.75 Å². The summed E-state index contributed by atoms with van der Waals surface area (Å²) in [6, 6.07) is 7.22. The highest BCUT2D eigenvalue weighted by Gasteiger charge is 2.30. The molecular weight excluding hydrogens is 368 g/mol. The molecule has 2 amide bonds. The Kier molecular flexibility index (Phi) is 5.83. The highest BCUT2D eigenvalue weighted by atomic mass is 16.5. The minimum atomic E-state index is -0.295. The van der Waals surface area contributed by atoms with Gasteiger partial charge in [0.2, 0.25) is 0 Å². The number of nitrogens with one attached hydrogen (secondary N) is 1. The topological polar surface area (TPSA) is 76.5 Å². The summed E-state index contributed by atoms with van der Waals surface area (Å²) in [5, 5.41) is 2.90. The molecule has 2 aromatic rings. The number of ether oxygens (including phenoxy) is 1. The Labute approximate surface area is 171 Å². The number of carbonyl (C=O) groups excluding carboxylic acids is 2. The van der Waals surface area contributed by atoms with E-state index in [-0.39, 0.29) is 11.8 Å². The van der Waals surface area contributed by atoms with Gasteiger partial charge in [0.15, 0.2) is 5.82 Å². The number of imidazole rings is 1. The highest BCUT2D eigenvalue weighted by Crippen LogP contribution is 2.24. The summed E-state index contributed by atoms with van der Waals surface area (Å²) in [6.45, 7) is 2.27. The molecule has 2 aliphatic rings. The van der Waals surface area contributed by atoms with Crippen LogP contribution in [0.3, 0.4) is 0 Å². The molecule has 0 unspecified atom stereocenters. The van der Waals surface area contributed by atoms with Gasteiger partial charge in [-0.2, -0.15) is 0 Å². The van der Waals surface area contributed by atoms with Crippen LogP contribution in [-0.2, 0) is 13.0 Å². The zero-order valence-electron chi connectivity index (χ0n) is 16.9. The third-order valence-electron chi connectivity index (χ3n) is 5.74. The first-order chi connectivity index (χ1) is 14.2. The minimum absolute atomic E-state index is 0.0296. The number of fused-ring (bicyclic) bond motifs is 1. The van der Waals surface area contributed by atoms with Crippen molar-refractivity contribution in [3.63, 3.8) is 0 Å². The van der Waals surface area contributed by atoms with E-state index in [0.717, 1.165) is 57.4 Å². The molecule has 7 nitrogen and oxygen atoms in total. The summed E-state index contributed by atoms with van der Waals surface area (Å²) >= 11 is 0. The summed E-state index contributed by atoms with van der Waals surface area (Å²) < 4.78 is 7.16. The van der Waals surface area contributed by atoms with E-state index in [2.05, 4.69) is 10.3 Å². The molecule has 3 heterocycles. The Morgan fingerprint density at radius 3 is 2.55 bits per heavy atom. The Bertz CT molecular complexity index is 897. The van der Waals surface area contributed by atoms with Gasteiger partial charge in [0.05, 0.1) is 12.8 Å². The van der Waals surface area contributed by atoms with Crippen LogP contribution in [0.25, 0.3) is 0 Å². The van der Waals surface area contributed by atoms with Crippen LogP contribution in [0.15, 0.2) is 24.3 Å². The van der Waals surface area contributed by atoms with Gasteiger partial charge in [0, 0.05) is 31.4 Å². The minimum Gasteiger partial charge on any atom is -0.497 e. The summed E-state index contributed by atoms with van der Waals surface area (Å²) in [5.41, 5.74) is 2.01. The van der Waals surface area contributed by atoms with Crippen LogP contribution in [-0.4, -0.2) is 46.5 Å². The second kappa shape index (κ2) is 8.68. The van der Waals surface area contributed by atoms with Crippen LogP contribution in [0.1, 0.15) is 65.3 Å². The number of aromatic nitrogens is 2. The van der Waals surface area contributed by atoms with Crippen molar-refractivity contribution in [1.82, 2.24) is 14.5 Å². The largest absolute Gasteiger partial charge is 0.497 e. The highest BCUT2D eigenvalue weighted by molar-refractivity contribution is 6.03. The average Bonchev–Trinajstić information content (AvgIpc) is 2.93. The number of rotatable bonds is 4. The normalized spacial score (nSPS) is 16.7. The van der Waals surface area contributed by atoms with Crippen LogP contribution in [0, 0.1) is 0 Å². The summed E-state index contributed by atoms with van der Waals surface area (Å²) in [4.78, 5) is 32.7. The van der Waals surface area contributed by atoms with Crippen LogP contribution in [0.5, 0.6) is 5.75 Å². The Balaban J connectivity index is 1.61. The van der Waals surface area contributed by atoms with Gasteiger partial charge in [-0.1, -0.05) is 18.9 Å². The molecule has 29 heavy (non-hydrogen) atoms. The number of carbonyl (C=O) groups is 2. The fraction of sp³-hybridized carbons (Fsp3) is 0.500. The molecule has 0 spiro atoms. The van der Waals surface area contributed by atoms with Gasteiger partial charge in [-0.3, -0.25) is 9.59 Å². The molecule has 1 saturated heterocycles. The van der Waals surface area contributed by atoms with E-state index < -0.39 is 0 Å². The number of nitrogens with zero attached hydrogens (tertiary/aromatic N) is 3. The first-order valence-corrected chi connectivity index (χ1v) is 10.5. The van der Waals surface area contributed by atoms with Gasteiger partial charge in [-0.25, -0.2) is 4.98 Å². The zero-order chi connectivity index (χ0) is 20.2. The molecule has 1 fully saturated rings. The van der Waals surface area contributed by atoms with E-state index in [4.69, 9.17) is 4.74 Å². The maximum Gasteiger partial charge on any atom is 0.291 e. The number of hydrogen-bond acceptors (Lipinski definition) is 4. The van der Waals surface area contributed by atoms with Gasteiger partial charge in [0.1, 0.15) is 11.4 Å². The average molecular weight is 396 g/mol. The van der Waals surface area contributed by atoms with Gasteiger partial charge >= 0.3 is 0 Å². The van der Waals surface area contributed by atoms with E-state index in [0.29, 0.717) is 23.0 Å². The second-order valence-corrected chi connectivity index (χ2v) is 7.73. The molecule has 1 aromatic carbocycles. The quantitative estimate of drug-likeness (QED) is 0.858. The number of hydrogen-bond donors (Lipinski definition) is 1. The van der Waals surface area contributed by atoms with Gasteiger partial charge < -0.3 is 19.5 Å². The predicted molar refractivity (Wildman–Crippen MR) is 110 cm³/mol. The molecular formula is C22H28N4O3. The SMILES string of the molecule is COc1cccc(NC(=O)c2nc(C(=O)N3CCCCCC3)c3n2CCCC3)c1. The lowest BCUT2D eigenvalue weighted by molar-refractivity contribution is 0.0754.